The summed E-state index contributed by atoms with van der Waals surface area (Å²) in [5, 5.41) is 0. The average Bonchev–Trinajstić information content (AvgIpc) is 2.38. The predicted octanol–water partition coefficient (Wildman–Crippen LogP) is 2.74. The zero-order valence-electron chi connectivity index (χ0n) is 11.1. The van der Waals surface area contributed by atoms with E-state index in [1.54, 1.807) is 0 Å². The van der Waals surface area contributed by atoms with Crippen LogP contribution in [-0.4, -0.2) is 25.6 Å². The van der Waals surface area contributed by atoms with Crippen LogP contribution in [0.2, 0.25) is 0 Å². The Hall–Kier alpha value is -0.570. The molecular weight excluding hydrogens is 212 g/mol. The highest BCUT2D eigenvalue weighted by molar-refractivity contribution is 5.82. The number of rotatable bonds is 3. The van der Waals surface area contributed by atoms with Crippen LogP contribution < -0.4 is 5.73 Å². The summed E-state index contributed by atoms with van der Waals surface area (Å²) in [4.78, 5) is 4.68. The number of amidine groups is 1. The Morgan fingerprint density at radius 1 is 1.24 bits per heavy atom. The molecule has 0 amide bonds. The molecule has 98 valence electrons. The number of nitrogens with two attached hydrogens (primary N) is 1. The van der Waals surface area contributed by atoms with Crippen LogP contribution in [0.15, 0.2) is 4.99 Å². The lowest BCUT2D eigenvalue weighted by Gasteiger charge is -2.32. The van der Waals surface area contributed by atoms with Crippen LogP contribution in [0.1, 0.15) is 51.9 Å². The van der Waals surface area contributed by atoms with Gasteiger partial charge >= 0.3 is 0 Å². The second-order valence-corrected chi connectivity index (χ2v) is 6.00. The maximum absolute atomic E-state index is 6.14. The van der Waals surface area contributed by atoms with Crippen LogP contribution in [-0.2, 0) is 4.74 Å². The number of ether oxygens (including phenoxy) is 1. The molecule has 1 saturated carbocycles. The Bertz CT molecular complexity index is 263. The average molecular weight is 238 g/mol. The van der Waals surface area contributed by atoms with Crippen molar-refractivity contribution in [3.05, 3.63) is 0 Å². The minimum absolute atomic E-state index is 0.317. The van der Waals surface area contributed by atoms with E-state index in [-0.39, 0.29) is 0 Å². The van der Waals surface area contributed by atoms with Gasteiger partial charge in [-0.05, 0) is 31.1 Å². The standard InChI is InChI=1S/C14H26N2O/c1-14(7-9-17-10-8-14)11-16-13(15)12-5-3-2-4-6-12/h12H,2-11H2,1H3,(H2,15,16). The first-order chi connectivity index (χ1) is 8.20. The van der Waals surface area contributed by atoms with Gasteiger partial charge in [0.15, 0.2) is 0 Å². The Kier molecular flexibility index (Phi) is 4.43. The topological polar surface area (TPSA) is 47.6 Å². The third kappa shape index (κ3) is 3.70. The van der Waals surface area contributed by atoms with Gasteiger partial charge in [-0.15, -0.1) is 0 Å². The molecule has 2 N–H and O–H groups in total. The van der Waals surface area contributed by atoms with Crippen molar-refractivity contribution in [2.75, 3.05) is 19.8 Å². The molecule has 2 rings (SSSR count). The molecule has 1 heterocycles. The van der Waals surface area contributed by atoms with Gasteiger partial charge in [-0.3, -0.25) is 4.99 Å². The van der Waals surface area contributed by atoms with E-state index < -0.39 is 0 Å². The van der Waals surface area contributed by atoms with Crippen molar-refractivity contribution in [1.82, 2.24) is 0 Å². The molecule has 0 aromatic rings. The molecule has 1 saturated heterocycles. The van der Waals surface area contributed by atoms with Crippen molar-refractivity contribution in [1.29, 1.82) is 0 Å². The monoisotopic (exact) mass is 238 g/mol. The molecule has 2 fully saturated rings. The highest BCUT2D eigenvalue weighted by Crippen LogP contribution is 2.30. The van der Waals surface area contributed by atoms with E-state index in [2.05, 4.69) is 11.9 Å². The molecule has 0 unspecified atom stereocenters. The summed E-state index contributed by atoms with van der Waals surface area (Å²) >= 11 is 0. The van der Waals surface area contributed by atoms with Crippen molar-refractivity contribution in [3.8, 4) is 0 Å². The van der Waals surface area contributed by atoms with Crippen molar-refractivity contribution >= 4 is 5.84 Å². The first-order valence-electron chi connectivity index (χ1n) is 7.07. The summed E-state index contributed by atoms with van der Waals surface area (Å²) in [5.74, 6) is 1.48. The SMILES string of the molecule is CC1(CN=C(N)C2CCCCC2)CCOCC1. The van der Waals surface area contributed by atoms with Gasteiger partial charge in [-0.1, -0.05) is 26.2 Å². The minimum atomic E-state index is 0.317. The van der Waals surface area contributed by atoms with Crippen LogP contribution in [0.3, 0.4) is 0 Å². The van der Waals surface area contributed by atoms with E-state index in [0.29, 0.717) is 11.3 Å². The fourth-order valence-corrected chi connectivity index (χ4v) is 2.83. The molecule has 3 nitrogen and oxygen atoms in total. The molecule has 0 spiro atoms. The van der Waals surface area contributed by atoms with Crippen LogP contribution in [0.4, 0.5) is 0 Å². The Labute approximate surface area is 105 Å². The van der Waals surface area contributed by atoms with Crippen molar-refractivity contribution in [2.24, 2.45) is 22.1 Å². The Morgan fingerprint density at radius 2 is 1.88 bits per heavy atom. The maximum atomic E-state index is 6.14. The van der Waals surface area contributed by atoms with Gasteiger partial charge in [0.1, 0.15) is 0 Å². The van der Waals surface area contributed by atoms with Crippen molar-refractivity contribution in [3.63, 3.8) is 0 Å². The van der Waals surface area contributed by atoms with Gasteiger partial charge in [-0.2, -0.15) is 0 Å². The van der Waals surface area contributed by atoms with Gasteiger partial charge in [-0.25, -0.2) is 0 Å². The fraction of sp³-hybridized carbons (Fsp3) is 0.929. The molecule has 17 heavy (non-hydrogen) atoms. The van der Waals surface area contributed by atoms with Crippen molar-refractivity contribution in [2.45, 2.75) is 51.9 Å². The van der Waals surface area contributed by atoms with E-state index >= 15 is 0 Å². The summed E-state index contributed by atoms with van der Waals surface area (Å²) in [6, 6.07) is 0. The first-order valence-corrected chi connectivity index (χ1v) is 7.07. The third-order valence-electron chi connectivity index (χ3n) is 4.37. The van der Waals surface area contributed by atoms with Crippen molar-refractivity contribution < 1.29 is 4.74 Å². The molecular formula is C14H26N2O. The summed E-state index contributed by atoms with van der Waals surface area (Å²) < 4.78 is 5.41. The van der Waals surface area contributed by atoms with Crippen LogP contribution in [0.5, 0.6) is 0 Å². The lowest BCUT2D eigenvalue weighted by atomic mass is 9.82. The number of hydrogen-bond donors (Lipinski definition) is 1. The van der Waals surface area contributed by atoms with Gasteiger partial charge in [0.25, 0.3) is 0 Å². The number of aliphatic imine (C=N–C) groups is 1. The quantitative estimate of drug-likeness (QED) is 0.607. The molecule has 0 aromatic carbocycles. The van der Waals surface area contributed by atoms with Gasteiger partial charge in [0.05, 0.1) is 5.84 Å². The normalized spacial score (nSPS) is 27.0. The van der Waals surface area contributed by atoms with E-state index in [0.717, 1.165) is 38.4 Å². The van der Waals surface area contributed by atoms with Crippen LogP contribution >= 0.6 is 0 Å². The summed E-state index contributed by atoms with van der Waals surface area (Å²) in [5.41, 5.74) is 6.46. The highest BCUT2D eigenvalue weighted by atomic mass is 16.5. The largest absolute Gasteiger partial charge is 0.387 e. The molecule has 0 radical (unpaired) electrons. The molecule has 1 aliphatic heterocycles. The summed E-state index contributed by atoms with van der Waals surface area (Å²) in [6.07, 6.45) is 8.75. The number of hydrogen-bond acceptors (Lipinski definition) is 2. The van der Waals surface area contributed by atoms with E-state index in [9.17, 15) is 0 Å². The van der Waals surface area contributed by atoms with E-state index in [1.807, 2.05) is 0 Å². The molecule has 3 heteroatoms. The molecule has 0 bridgehead atoms. The fourth-order valence-electron chi connectivity index (χ4n) is 2.83. The zero-order valence-corrected chi connectivity index (χ0v) is 11.1. The third-order valence-corrected chi connectivity index (χ3v) is 4.37. The summed E-state index contributed by atoms with van der Waals surface area (Å²) in [7, 11) is 0. The van der Waals surface area contributed by atoms with Crippen LogP contribution in [0.25, 0.3) is 0 Å². The molecule has 0 atom stereocenters. The first kappa shape index (κ1) is 12.9. The second-order valence-electron chi connectivity index (χ2n) is 6.00. The lowest BCUT2D eigenvalue weighted by Crippen LogP contribution is -2.32. The van der Waals surface area contributed by atoms with Crippen LogP contribution in [0, 0.1) is 11.3 Å². The van der Waals surface area contributed by atoms with Gasteiger partial charge in [0.2, 0.25) is 0 Å². The highest BCUT2D eigenvalue weighted by Gasteiger charge is 2.27. The molecule has 1 aliphatic carbocycles. The Morgan fingerprint density at radius 3 is 2.53 bits per heavy atom. The lowest BCUT2D eigenvalue weighted by molar-refractivity contribution is 0.0283. The maximum Gasteiger partial charge on any atom is 0.0968 e. The Balaban J connectivity index is 1.85. The second kappa shape index (κ2) is 5.85. The van der Waals surface area contributed by atoms with Gasteiger partial charge in [0, 0.05) is 25.7 Å². The van der Waals surface area contributed by atoms with E-state index in [1.165, 1.54) is 32.1 Å². The molecule has 0 aromatic heterocycles. The predicted molar refractivity (Wildman–Crippen MR) is 71.2 cm³/mol. The number of nitrogens with zero attached hydrogens (tertiary/aromatic N) is 1. The minimum Gasteiger partial charge on any atom is -0.387 e. The van der Waals surface area contributed by atoms with Gasteiger partial charge < -0.3 is 10.5 Å². The van der Waals surface area contributed by atoms with E-state index in [4.69, 9.17) is 10.5 Å². The zero-order chi connectivity index (χ0) is 12.1. The molecule has 2 aliphatic rings. The summed E-state index contributed by atoms with van der Waals surface area (Å²) in [6.45, 7) is 4.97. The smallest absolute Gasteiger partial charge is 0.0968 e.